The summed E-state index contributed by atoms with van der Waals surface area (Å²) in [5, 5.41) is 0.766. The number of nitrogens with zero attached hydrogens (tertiary/aromatic N) is 1. The molecule has 1 aromatic heterocycles. The molecular weight excluding hydrogens is 416 g/mol. The molecule has 0 bridgehead atoms. The van der Waals surface area contributed by atoms with E-state index in [-0.39, 0.29) is 16.2 Å². The molecule has 4 rings (SSSR count). The number of hydrogen-bond acceptors (Lipinski definition) is 5. The Morgan fingerprint density at radius 1 is 1.00 bits per heavy atom. The van der Waals surface area contributed by atoms with Gasteiger partial charge in [0, 0.05) is 35.8 Å². The number of nitrogens with one attached hydrogen (secondary N) is 1. The van der Waals surface area contributed by atoms with Crippen molar-refractivity contribution in [2.45, 2.75) is 37.2 Å². The van der Waals surface area contributed by atoms with Crippen LogP contribution in [-0.4, -0.2) is 48.7 Å². The van der Waals surface area contributed by atoms with E-state index in [0.717, 1.165) is 30.2 Å². The van der Waals surface area contributed by atoms with Gasteiger partial charge in [-0.2, -0.15) is 4.31 Å². The van der Waals surface area contributed by atoms with Gasteiger partial charge in [0.1, 0.15) is 0 Å². The molecule has 162 valence electrons. The van der Waals surface area contributed by atoms with Crippen LogP contribution in [-0.2, 0) is 14.8 Å². The van der Waals surface area contributed by atoms with E-state index >= 15 is 0 Å². The van der Waals surface area contributed by atoms with E-state index in [1.807, 2.05) is 24.3 Å². The maximum atomic E-state index is 12.8. The molecule has 0 saturated carbocycles. The summed E-state index contributed by atoms with van der Waals surface area (Å²) >= 11 is 0. The summed E-state index contributed by atoms with van der Waals surface area (Å²) < 4.78 is 32.3. The lowest BCUT2D eigenvalue weighted by Gasteiger charge is -2.25. The van der Waals surface area contributed by atoms with E-state index < -0.39 is 22.1 Å². The highest BCUT2D eigenvalue weighted by molar-refractivity contribution is 7.89. The number of carbonyl (C=O) groups excluding carboxylic acids is 2. The van der Waals surface area contributed by atoms with Gasteiger partial charge in [0.25, 0.3) is 0 Å². The van der Waals surface area contributed by atoms with Crippen molar-refractivity contribution in [3.8, 4) is 0 Å². The van der Waals surface area contributed by atoms with Crippen molar-refractivity contribution >= 4 is 32.7 Å². The second-order valence-corrected chi connectivity index (χ2v) is 9.59. The third kappa shape index (κ3) is 4.26. The monoisotopic (exact) mass is 440 g/mol. The zero-order chi connectivity index (χ0) is 22.0. The number of sulfonamides is 1. The van der Waals surface area contributed by atoms with Crippen molar-refractivity contribution in [1.82, 2.24) is 9.29 Å². The zero-order valence-electron chi connectivity index (χ0n) is 17.2. The van der Waals surface area contributed by atoms with Crippen LogP contribution in [0.4, 0.5) is 0 Å². The molecule has 31 heavy (non-hydrogen) atoms. The number of esters is 1. The molecule has 1 aliphatic heterocycles. The number of ether oxygens (including phenoxy) is 1. The predicted octanol–water partition coefficient (Wildman–Crippen LogP) is 3.77. The van der Waals surface area contributed by atoms with Crippen molar-refractivity contribution in [3.63, 3.8) is 0 Å². The van der Waals surface area contributed by atoms with Crippen LogP contribution in [0.15, 0.2) is 59.6 Å². The summed E-state index contributed by atoms with van der Waals surface area (Å²) in [5.74, 6) is -0.988. The maximum Gasteiger partial charge on any atom is 0.338 e. The Labute approximate surface area is 181 Å². The highest BCUT2D eigenvalue weighted by Gasteiger charge is 2.27. The van der Waals surface area contributed by atoms with E-state index in [1.54, 1.807) is 6.20 Å². The highest BCUT2D eigenvalue weighted by atomic mass is 32.2. The van der Waals surface area contributed by atoms with Gasteiger partial charge in [-0.25, -0.2) is 13.2 Å². The molecule has 1 unspecified atom stereocenters. The summed E-state index contributed by atoms with van der Waals surface area (Å²) in [6, 6.07) is 13.1. The second-order valence-electron chi connectivity index (χ2n) is 7.65. The Morgan fingerprint density at radius 3 is 2.39 bits per heavy atom. The summed E-state index contributed by atoms with van der Waals surface area (Å²) in [6.07, 6.45) is 3.37. The quantitative estimate of drug-likeness (QED) is 0.465. The first-order valence-electron chi connectivity index (χ1n) is 10.3. The van der Waals surface area contributed by atoms with Crippen molar-refractivity contribution in [1.29, 1.82) is 0 Å². The van der Waals surface area contributed by atoms with Gasteiger partial charge in [-0.05, 0) is 50.1 Å². The van der Waals surface area contributed by atoms with E-state index in [2.05, 4.69) is 4.98 Å². The Hall–Kier alpha value is -2.97. The molecule has 8 heteroatoms. The molecule has 3 aromatic rings. The van der Waals surface area contributed by atoms with E-state index in [9.17, 15) is 18.0 Å². The largest absolute Gasteiger partial charge is 0.451 e. The minimum atomic E-state index is -3.57. The van der Waals surface area contributed by atoms with Crippen LogP contribution in [0.1, 0.15) is 46.9 Å². The number of aromatic nitrogens is 1. The van der Waals surface area contributed by atoms with Crippen LogP contribution < -0.4 is 0 Å². The third-order valence-corrected chi connectivity index (χ3v) is 7.46. The lowest BCUT2D eigenvalue weighted by Crippen LogP contribution is -2.35. The fourth-order valence-electron chi connectivity index (χ4n) is 3.79. The number of aromatic amines is 1. The second kappa shape index (κ2) is 8.64. The Bertz CT molecular complexity index is 1210. The number of rotatable bonds is 6. The minimum Gasteiger partial charge on any atom is -0.451 e. The normalized spacial score (nSPS) is 16.2. The summed E-state index contributed by atoms with van der Waals surface area (Å²) in [6.45, 7) is 2.55. The van der Waals surface area contributed by atoms with E-state index in [0.29, 0.717) is 18.7 Å². The van der Waals surface area contributed by atoms with Gasteiger partial charge in [-0.15, -0.1) is 0 Å². The van der Waals surface area contributed by atoms with Crippen molar-refractivity contribution in [2.75, 3.05) is 13.1 Å². The van der Waals surface area contributed by atoms with E-state index in [4.69, 9.17) is 4.74 Å². The van der Waals surface area contributed by atoms with Crippen molar-refractivity contribution in [3.05, 3.63) is 65.9 Å². The number of H-pyrrole nitrogens is 1. The lowest BCUT2D eigenvalue weighted by molar-refractivity contribution is 0.0319. The Kier molecular flexibility index (Phi) is 5.93. The molecule has 2 heterocycles. The zero-order valence-corrected chi connectivity index (χ0v) is 18.0. The number of para-hydroxylation sites is 1. The summed E-state index contributed by atoms with van der Waals surface area (Å²) in [7, 11) is -3.57. The van der Waals surface area contributed by atoms with Crippen LogP contribution in [0.2, 0.25) is 0 Å². The fraction of sp³-hybridized carbons (Fsp3) is 0.304. The molecule has 7 nitrogen and oxygen atoms in total. The number of Topliss-reactive ketones (excluding diaryl/α,β-unsaturated/α-hetero) is 1. The van der Waals surface area contributed by atoms with Gasteiger partial charge in [0.05, 0.1) is 10.5 Å². The third-order valence-electron chi connectivity index (χ3n) is 5.55. The van der Waals surface area contributed by atoms with Crippen molar-refractivity contribution in [2.24, 2.45) is 0 Å². The average molecular weight is 441 g/mol. The van der Waals surface area contributed by atoms with Crippen LogP contribution >= 0.6 is 0 Å². The smallest absolute Gasteiger partial charge is 0.338 e. The molecule has 1 aliphatic rings. The molecular formula is C23H24N2O5S. The Morgan fingerprint density at radius 2 is 1.68 bits per heavy atom. The summed E-state index contributed by atoms with van der Waals surface area (Å²) in [4.78, 5) is 28.5. The minimum absolute atomic E-state index is 0.147. The predicted molar refractivity (Wildman–Crippen MR) is 117 cm³/mol. The maximum absolute atomic E-state index is 12.8. The first-order chi connectivity index (χ1) is 14.9. The molecule has 0 spiro atoms. The molecule has 2 aromatic carbocycles. The first kappa shape index (κ1) is 21.3. The number of piperidine rings is 1. The molecule has 1 atom stereocenters. The van der Waals surface area contributed by atoms with Gasteiger partial charge in [-0.3, -0.25) is 4.79 Å². The molecule has 1 fully saturated rings. The van der Waals surface area contributed by atoms with Crippen LogP contribution in [0.25, 0.3) is 10.9 Å². The number of fused-ring (bicyclic) bond motifs is 1. The standard InChI is InChI=1S/C23H24N2O5S/c1-16(22(26)20-15-24-21-8-4-3-7-19(20)21)30-23(27)17-9-11-18(12-10-17)31(28,29)25-13-5-2-6-14-25/h3-4,7-12,15-16,24H,2,5-6,13-14H2,1H3. The number of ketones is 1. The highest BCUT2D eigenvalue weighted by Crippen LogP contribution is 2.22. The fourth-order valence-corrected chi connectivity index (χ4v) is 5.31. The van der Waals surface area contributed by atoms with Gasteiger partial charge in [0.2, 0.25) is 15.8 Å². The van der Waals surface area contributed by atoms with Crippen LogP contribution in [0.5, 0.6) is 0 Å². The van der Waals surface area contributed by atoms with E-state index in [1.165, 1.54) is 35.5 Å². The lowest BCUT2D eigenvalue weighted by atomic mass is 10.1. The summed E-state index contributed by atoms with van der Waals surface area (Å²) in [5.41, 5.74) is 1.48. The van der Waals surface area contributed by atoms with Crippen LogP contribution in [0.3, 0.4) is 0 Å². The van der Waals surface area contributed by atoms with Gasteiger partial charge in [0.15, 0.2) is 6.10 Å². The molecule has 1 saturated heterocycles. The molecule has 0 radical (unpaired) electrons. The van der Waals surface area contributed by atoms with Gasteiger partial charge < -0.3 is 9.72 Å². The SMILES string of the molecule is CC(OC(=O)c1ccc(S(=O)(=O)N2CCCCC2)cc1)C(=O)c1c[nH]c2ccccc12. The number of hydrogen-bond donors (Lipinski definition) is 1. The molecule has 0 amide bonds. The topological polar surface area (TPSA) is 96.5 Å². The molecule has 1 N–H and O–H groups in total. The average Bonchev–Trinajstić information content (AvgIpc) is 3.23. The number of benzene rings is 2. The van der Waals surface area contributed by atoms with Crippen LogP contribution in [0, 0.1) is 0 Å². The van der Waals surface area contributed by atoms with Gasteiger partial charge in [-0.1, -0.05) is 24.6 Å². The first-order valence-corrected chi connectivity index (χ1v) is 11.7. The number of carbonyl (C=O) groups is 2. The van der Waals surface area contributed by atoms with Crippen molar-refractivity contribution < 1.29 is 22.7 Å². The van der Waals surface area contributed by atoms with Gasteiger partial charge >= 0.3 is 5.97 Å². The molecule has 0 aliphatic carbocycles. The Balaban J connectivity index is 1.45.